The molecular weight excluding hydrogens is 111 g/mol. The van der Waals surface area contributed by atoms with Crippen LogP contribution < -0.4 is 0 Å². The number of halogens is 1. The largest absolute Gasteiger partial charge is 0.239 e. The van der Waals surface area contributed by atoms with Gasteiger partial charge in [0.25, 0.3) is 0 Å². The molecular formula is C5H4FS. The van der Waals surface area contributed by atoms with Crippen LogP contribution in [0.5, 0.6) is 0 Å². The smallest absolute Gasteiger partial charge is 0.161 e. The van der Waals surface area contributed by atoms with E-state index >= 15 is 0 Å². The molecule has 0 spiro atoms. The molecule has 37 valence electrons. The van der Waals surface area contributed by atoms with E-state index in [0.717, 1.165) is 0 Å². The van der Waals surface area contributed by atoms with Gasteiger partial charge in [-0.15, -0.1) is 0 Å². The van der Waals surface area contributed by atoms with Crippen molar-refractivity contribution in [1.82, 2.24) is 0 Å². The topological polar surface area (TPSA) is 0 Å². The Balaban J connectivity index is 2.76. The second kappa shape index (κ2) is 2.07. The van der Waals surface area contributed by atoms with Crippen molar-refractivity contribution in [2.45, 2.75) is 0 Å². The first-order valence-electron chi connectivity index (χ1n) is 1.89. The van der Waals surface area contributed by atoms with Crippen molar-refractivity contribution in [2.24, 2.45) is 0 Å². The molecule has 0 fully saturated rings. The maximum absolute atomic E-state index is 11.4. The Morgan fingerprint density at radius 3 is 2.86 bits per heavy atom. The predicted octanol–water partition coefficient (Wildman–Crippen LogP) is 2.23. The first-order valence-corrected chi connectivity index (χ1v) is 2.83. The van der Waals surface area contributed by atoms with Crippen molar-refractivity contribution < 1.29 is 4.39 Å². The van der Waals surface area contributed by atoms with E-state index in [-0.39, 0.29) is 0 Å². The van der Waals surface area contributed by atoms with E-state index in [1.165, 1.54) is 11.3 Å². The molecule has 1 rings (SSSR count). The second-order valence-corrected chi connectivity index (χ2v) is 1.95. The van der Waals surface area contributed by atoms with Gasteiger partial charge < -0.3 is 0 Å². The average molecular weight is 115 g/mol. The van der Waals surface area contributed by atoms with Gasteiger partial charge in [-0.1, -0.05) is 0 Å². The van der Waals surface area contributed by atoms with Crippen LogP contribution in [0.1, 0.15) is 5.56 Å². The molecule has 0 aliphatic heterocycles. The van der Waals surface area contributed by atoms with E-state index in [1.54, 1.807) is 11.4 Å². The average Bonchev–Trinajstić information content (AvgIpc) is 2.14. The third-order valence-corrected chi connectivity index (χ3v) is 1.37. The van der Waals surface area contributed by atoms with Crippen LogP contribution in [-0.4, -0.2) is 0 Å². The molecule has 1 heterocycles. The summed E-state index contributed by atoms with van der Waals surface area (Å²) in [5.41, 5.74) is 0.657. The van der Waals surface area contributed by atoms with Gasteiger partial charge in [0.15, 0.2) is 6.67 Å². The van der Waals surface area contributed by atoms with Crippen molar-refractivity contribution in [3.8, 4) is 0 Å². The number of hydrogen-bond donors (Lipinski definition) is 0. The summed E-state index contributed by atoms with van der Waals surface area (Å²) in [5.74, 6) is 0. The van der Waals surface area contributed by atoms with Crippen molar-refractivity contribution in [3.63, 3.8) is 0 Å². The number of rotatable bonds is 1. The van der Waals surface area contributed by atoms with Crippen LogP contribution in [0.15, 0.2) is 16.8 Å². The molecule has 0 saturated heterocycles. The van der Waals surface area contributed by atoms with Gasteiger partial charge in [0.05, 0.1) is 0 Å². The van der Waals surface area contributed by atoms with Crippen LogP contribution >= 0.6 is 11.3 Å². The van der Waals surface area contributed by atoms with Crippen molar-refractivity contribution in [2.75, 3.05) is 0 Å². The Bertz CT molecular complexity index is 123. The molecule has 0 aliphatic rings. The zero-order chi connectivity index (χ0) is 5.11. The molecule has 0 saturated carbocycles. The molecule has 0 unspecified atom stereocenters. The normalized spacial score (nSPS) is 9.29. The van der Waals surface area contributed by atoms with Gasteiger partial charge in [-0.05, 0) is 22.4 Å². The summed E-state index contributed by atoms with van der Waals surface area (Å²) in [5, 5.41) is 3.59. The van der Waals surface area contributed by atoms with Gasteiger partial charge in [-0.2, -0.15) is 11.3 Å². The van der Waals surface area contributed by atoms with Gasteiger partial charge in [-0.25, -0.2) is 4.39 Å². The van der Waals surface area contributed by atoms with Gasteiger partial charge in [0, 0.05) is 0 Å². The van der Waals surface area contributed by atoms with Crippen LogP contribution in [0.2, 0.25) is 0 Å². The third kappa shape index (κ3) is 0.996. The highest BCUT2D eigenvalue weighted by Crippen LogP contribution is 2.07. The molecule has 2 heteroatoms. The molecule has 1 aromatic rings. The molecule has 0 aromatic carbocycles. The van der Waals surface area contributed by atoms with Crippen LogP contribution in [-0.2, 0) is 0 Å². The Labute approximate surface area is 45.6 Å². The quantitative estimate of drug-likeness (QED) is 0.526. The molecule has 7 heavy (non-hydrogen) atoms. The predicted molar refractivity (Wildman–Crippen MR) is 28.8 cm³/mol. The molecule has 0 nitrogen and oxygen atoms in total. The molecule has 1 aromatic heterocycles. The summed E-state index contributed by atoms with van der Waals surface area (Å²) >= 11 is 1.49. The van der Waals surface area contributed by atoms with E-state index < -0.39 is 0 Å². The lowest BCUT2D eigenvalue weighted by atomic mass is 10.4. The van der Waals surface area contributed by atoms with Crippen molar-refractivity contribution >= 4 is 11.3 Å². The summed E-state index contributed by atoms with van der Waals surface area (Å²) < 4.78 is 11.4. The van der Waals surface area contributed by atoms with Crippen LogP contribution in [0.25, 0.3) is 0 Å². The van der Waals surface area contributed by atoms with Gasteiger partial charge in [-0.3, -0.25) is 0 Å². The lowest BCUT2D eigenvalue weighted by Gasteiger charge is -1.74. The van der Waals surface area contributed by atoms with E-state index in [9.17, 15) is 4.39 Å². The summed E-state index contributed by atoms with van der Waals surface area (Å²) in [6.07, 6.45) is 0. The summed E-state index contributed by atoms with van der Waals surface area (Å²) in [7, 11) is 0. The fraction of sp³-hybridized carbons (Fsp3) is 0. The number of hydrogen-bond acceptors (Lipinski definition) is 1. The van der Waals surface area contributed by atoms with Crippen LogP contribution in [0, 0.1) is 6.67 Å². The Hall–Kier alpha value is -0.370. The first-order chi connectivity index (χ1) is 3.43. The minimum atomic E-state index is 0.594. The fourth-order valence-corrected chi connectivity index (χ4v) is 0.938. The van der Waals surface area contributed by atoms with Crippen molar-refractivity contribution in [1.29, 1.82) is 0 Å². The highest BCUT2D eigenvalue weighted by atomic mass is 32.1. The van der Waals surface area contributed by atoms with E-state index in [2.05, 4.69) is 0 Å². The highest BCUT2D eigenvalue weighted by Gasteiger charge is 1.86. The Morgan fingerprint density at radius 1 is 1.71 bits per heavy atom. The first kappa shape index (κ1) is 4.78. The van der Waals surface area contributed by atoms with E-state index in [0.29, 0.717) is 12.2 Å². The summed E-state index contributed by atoms with van der Waals surface area (Å²) in [4.78, 5) is 0. The van der Waals surface area contributed by atoms with Gasteiger partial charge >= 0.3 is 0 Å². The lowest BCUT2D eigenvalue weighted by Crippen LogP contribution is -1.59. The molecule has 0 atom stereocenters. The summed E-state index contributed by atoms with van der Waals surface area (Å²) in [6.45, 7) is 0.594. The van der Waals surface area contributed by atoms with E-state index in [1.807, 2.05) is 5.38 Å². The summed E-state index contributed by atoms with van der Waals surface area (Å²) in [6, 6.07) is 1.73. The van der Waals surface area contributed by atoms with Gasteiger partial charge in [0.1, 0.15) is 0 Å². The third-order valence-electron chi connectivity index (χ3n) is 0.669. The Kier molecular flexibility index (Phi) is 1.42. The zero-order valence-corrected chi connectivity index (χ0v) is 4.41. The molecule has 0 bridgehead atoms. The lowest BCUT2D eigenvalue weighted by molar-refractivity contribution is 0.647. The van der Waals surface area contributed by atoms with Crippen LogP contribution in [0.3, 0.4) is 0 Å². The zero-order valence-electron chi connectivity index (χ0n) is 3.60. The minimum absolute atomic E-state index is 0.594. The number of thiophene rings is 1. The molecule has 0 amide bonds. The monoisotopic (exact) mass is 115 g/mol. The van der Waals surface area contributed by atoms with Crippen LogP contribution in [0.4, 0.5) is 4.39 Å². The molecule has 1 radical (unpaired) electrons. The van der Waals surface area contributed by atoms with E-state index in [4.69, 9.17) is 0 Å². The molecule has 0 aliphatic carbocycles. The van der Waals surface area contributed by atoms with Gasteiger partial charge in [0.2, 0.25) is 0 Å². The Morgan fingerprint density at radius 2 is 2.57 bits per heavy atom. The second-order valence-electron chi connectivity index (χ2n) is 1.17. The maximum atomic E-state index is 11.4. The van der Waals surface area contributed by atoms with Crippen molar-refractivity contribution in [3.05, 3.63) is 29.1 Å². The SMILES string of the molecule is F[CH]c1ccsc1. The standard InChI is InChI=1S/C5H4FS/c6-3-5-1-2-7-4-5/h1-4H. The highest BCUT2D eigenvalue weighted by molar-refractivity contribution is 7.08. The maximum Gasteiger partial charge on any atom is 0.161 e. The minimum Gasteiger partial charge on any atom is -0.239 e. The molecule has 0 N–H and O–H groups in total. The fourth-order valence-electron chi connectivity index (χ4n) is 0.337.